The van der Waals surface area contributed by atoms with Gasteiger partial charge in [-0.05, 0) is 0 Å². The van der Waals surface area contributed by atoms with E-state index in [0.717, 1.165) is 21.6 Å². The second kappa shape index (κ2) is 9.14. The topological polar surface area (TPSA) is 185 Å². The number of carboxylic acid groups (broad SMARTS) is 2. The van der Waals surface area contributed by atoms with Gasteiger partial charge in [-0.15, -0.1) is 0 Å². The third-order valence-electron chi connectivity index (χ3n) is 1.78. The molecule has 0 radical (unpaired) electrons. The highest BCUT2D eigenvalue weighted by Crippen LogP contribution is 2.23. The number of urea groups is 2. The van der Waals surface area contributed by atoms with Gasteiger partial charge in [0.1, 0.15) is 12.1 Å². The molecule has 0 spiro atoms. The number of carbonyl (C=O) groups is 4. The van der Waals surface area contributed by atoms with Gasteiger partial charge in [-0.25, -0.2) is 19.2 Å². The van der Waals surface area contributed by atoms with Gasteiger partial charge in [-0.3, -0.25) is 0 Å². The molecule has 0 aromatic rings. The average molecular weight is 326 g/mol. The summed E-state index contributed by atoms with van der Waals surface area (Å²) >= 11 is 0. The number of nitrogens with one attached hydrogen (secondary N) is 2. The Hall–Kier alpha value is -1.82. The first-order chi connectivity index (χ1) is 9.23. The van der Waals surface area contributed by atoms with Crippen LogP contribution < -0.4 is 22.1 Å². The predicted molar refractivity (Wildman–Crippen MR) is 73.2 cm³/mol. The summed E-state index contributed by atoms with van der Waals surface area (Å²) in [6, 6.07) is -4.31. The Bertz CT molecular complexity index is 357. The summed E-state index contributed by atoms with van der Waals surface area (Å²) in [5, 5.41) is 21.6. The summed E-state index contributed by atoms with van der Waals surface area (Å²) in [6.07, 6.45) is 0. The standard InChI is InChI=1S/C8H14N4O6S2/c9-7(17)11-3(5(13)14)1-19-20-2-4(6(15)16)12-8(10)18/h3-4H,1-2H2,(H,13,14)(H,15,16)(H3,9,11,17)(H3,10,12,18)/t3-,4?/m1/s1. The fourth-order valence-electron chi connectivity index (χ4n) is 0.925. The Morgan fingerprint density at radius 1 is 0.850 bits per heavy atom. The molecule has 0 saturated carbocycles. The van der Waals surface area contributed by atoms with E-state index in [1.54, 1.807) is 0 Å². The van der Waals surface area contributed by atoms with Crippen molar-refractivity contribution in [3.63, 3.8) is 0 Å². The smallest absolute Gasteiger partial charge is 0.327 e. The van der Waals surface area contributed by atoms with E-state index in [0.29, 0.717) is 0 Å². The van der Waals surface area contributed by atoms with Crippen LogP contribution in [0.3, 0.4) is 0 Å². The number of hydrogen-bond acceptors (Lipinski definition) is 6. The fourth-order valence-corrected chi connectivity index (χ4v) is 3.24. The number of hydrogen-bond donors (Lipinski definition) is 6. The molecule has 0 saturated heterocycles. The quantitative estimate of drug-likeness (QED) is 0.221. The van der Waals surface area contributed by atoms with Crippen LogP contribution in [0.4, 0.5) is 9.59 Å². The van der Waals surface area contributed by atoms with E-state index in [2.05, 4.69) is 0 Å². The predicted octanol–water partition coefficient (Wildman–Crippen LogP) is -1.39. The first-order valence-electron chi connectivity index (χ1n) is 5.06. The molecule has 0 bridgehead atoms. The lowest BCUT2D eigenvalue weighted by atomic mass is 10.3. The maximum Gasteiger partial charge on any atom is 0.327 e. The van der Waals surface area contributed by atoms with Crippen LogP contribution in [0.1, 0.15) is 0 Å². The number of carbonyl (C=O) groups excluding carboxylic acids is 2. The lowest BCUT2D eigenvalue weighted by Crippen LogP contribution is -2.45. The highest BCUT2D eigenvalue weighted by Gasteiger charge is 2.21. The van der Waals surface area contributed by atoms with E-state index in [9.17, 15) is 19.2 Å². The molecule has 0 aliphatic rings. The summed E-state index contributed by atoms with van der Waals surface area (Å²) in [6.45, 7) is 0. The molecular weight excluding hydrogens is 312 g/mol. The second-order valence-electron chi connectivity index (χ2n) is 3.37. The molecule has 0 aliphatic carbocycles. The second-order valence-corrected chi connectivity index (χ2v) is 5.92. The maximum absolute atomic E-state index is 10.8. The fraction of sp³-hybridized carbons (Fsp3) is 0.500. The van der Waals surface area contributed by atoms with Gasteiger partial charge >= 0.3 is 24.0 Å². The van der Waals surface area contributed by atoms with Gasteiger partial charge < -0.3 is 32.3 Å². The van der Waals surface area contributed by atoms with Crippen molar-refractivity contribution >= 4 is 45.6 Å². The highest BCUT2D eigenvalue weighted by molar-refractivity contribution is 8.76. The first-order valence-corrected chi connectivity index (χ1v) is 7.54. The van der Waals surface area contributed by atoms with Crippen molar-refractivity contribution in [3.05, 3.63) is 0 Å². The zero-order chi connectivity index (χ0) is 15.7. The number of nitrogens with two attached hydrogens (primary N) is 2. The van der Waals surface area contributed by atoms with E-state index < -0.39 is 36.1 Å². The number of amides is 4. The van der Waals surface area contributed by atoms with Crippen LogP contribution >= 0.6 is 21.6 Å². The molecule has 0 aromatic carbocycles. The molecule has 4 amide bonds. The largest absolute Gasteiger partial charge is 0.480 e. The van der Waals surface area contributed by atoms with Crippen LogP contribution in [0.2, 0.25) is 0 Å². The van der Waals surface area contributed by atoms with Gasteiger partial charge in [0.25, 0.3) is 0 Å². The van der Waals surface area contributed by atoms with E-state index >= 15 is 0 Å². The van der Waals surface area contributed by atoms with E-state index in [1.807, 2.05) is 10.6 Å². The summed E-state index contributed by atoms with van der Waals surface area (Å²) in [7, 11) is 2.03. The summed E-state index contributed by atoms with van der Waals surface area (Å²) in [4.78, 5) is 42.6. The number of aliphatic carboxylic acids is 2. The van der Waals surface area contributed by atoms with Gasteiger partial charge in [-0.1, -0.05) is 21.6 Å². The number of rotatable bonds is 9. The summed E-state index contributed by atoms with van der Waals surface area (Å²) in [5.41, 5.74) is 9.62. The zero-order valence-electron chi connectivity index (χ0n) is 10.1. The molecule has 2 atom stereocenters. The van der Waals surface area contributed by atoms with Crippen molar-refractivity contribution in [2.75, 3.05) is 11.5 Å². The van der Waals surface area contributed by atoms with Crippen LogP contribution in [-0.4, -0.2) is 57.8 Å². The molecule has 12 heteroatoms. The molecule has 1 unspecified atom stereocenters. The number of primary amides is 2. The van der Waals surface area contributed by atoms with E-state index in [-0.39, 0.29) is 11.5 Å². The van der Waals surface area contributed by atoms with Gasteiger partial charge in [-0.2, -0.15) is 0 Å². The minimum absolute atomic E-state index is 0.0220. The van der Waals surface area contributed by atoms with Crippen LogP contribution in [-0.2, 0) is 9.59 Å². The zero-order valence-corrected chi connectivity index (χ0v) is 11.7. The van der Waals surface area contributed by atoms with Gasteiger partial charge in [0.2, 0.25) is 0 Å². The van der Waals surface area contributed by atoms with Crippen LogP contribution in [0.15, 0.2) is 0 Å². The van der Waals surface area contributed by atoms with Crippen molar-refractivity contribution in [3.8, 4) is 0 Å². The minimum Gasteiger partial charge on any atom is -0.480 e. The van der Waals surface area contributed by atoms with Crippen LogP contribution in [0.5, 0.6) is 0 Å². The van der Waals surface area contributed by atoms with Crippen molar-refractivity contribution in [1.29, 1.82) is 0 Å². The molecule has 0 rings (SSSR count). The van der Waals surface area contributed by atoms with Crippen molar-refractivity contribution in [1.82, 2.24) is 10.6 Å². The SMILES string of the molecule is NC(=O)NC(CSSC[C@@H](NC(N)=O)C(=O)O)C(=O)O. The van der Waals surface area contributed by atoms with Gasteiger partial charge in [0, 0.05) is 11.5 Å². The number of carboxylic acids is 2. The lowest BCUT2D eigenvalue weighted by molar-refractivity contribution is -0.139. The molecule has 10 nitrogen and oxygen atoms in total. The molecule has 0 fully saturated rings. The van der Waals surface area contributed by atoms with E-state index in [1.165, 1.54) is 0 Å². The first kappa shape index (κ1) is 18.2. The summed E-state index contributed by atoms with van der Waals surface area (Å²) in [5.74, 6) is -2.57. The molecule has 0 aromatic heterocycles. The highest BCUT2D eigenvalue weighted by atomic mass is 33.1. The normalized spacial score (nSPS) is 13.0. The Kier molecular flexibility index (Phi) is 8.31. The molecule has 20 heavy (non-hydrogen) atoms. The third-order valence-corrected chi connectivity index (χ3v) is 4.20. The van der Waals surface area contributed by atoms with E-state index in [4.69, 9.17) is 21.7 Å². The maximum atomic E-state index is 10.8. The molecular formula is C8H14N4O6S2. The van der Waals surface area contributed by atoms with Crippen LogP contribution in [0, 0.1) is 0 Å². The minimum atomic E-state index is -1.26. The molecule has 114 valence electrons. The molecule has 0 aliphatic heterocycles. The Labute approximate surface area is 121 Å². The monoisotopic (exact) mass is 326 g/mol. The van der Waals surface area contributed by atoms with Gasteiger partial charge in [0.05, 0.1) is 0 Å². The molecule has 0 heterocycles. The molecule has 8 N–H and O–H groups in total. The average Bonchev–Trinajstić information content (AvgIpc) is 2.29. The van der Waals surface area contributed by atoms with Crippen molar-refractivity contribution in [2.24, 2.45) is 11.5 Å². The summed E-state index contributed by atoms with van der Waals surface area (Å²) < 4.78 is 0. The lowest BCUT2D eigenvalue weighted by Gasteiger charge is -2.14. The van der Waals surface area contributed by atoms with Crippen molar-refractivity contribution < 1.29 is 29.4 Å². The Morgan fingerprint density at radius 2 is 1.15 bits per heavy atom. The Balaban J connectivity index is 4.13. The van der Waals surface area contributed by atoms with Crippen molar-refractivity contribution in [2.45, 2.75) is 12.1 Å². The van der Waals surface area contributed by atoms with Crippen LogP contribution in [0.25, 0.3) is 0 Å². The third kappa shape index (κ3) is 8.31. The van der Waals surface area contributed by atoms with Gasteiger partial charge in [0.15, 0.2) is 0 Å². The Morgan fingerprint density at radius 3 is 1.35 bits per heavy atom.